The van der Waals surface area contributed by atoms with Crippen LogP contribution in [0.15, 0.2) is 55.0 Å². The first-order chi connectivity index (χ1) is 10.3. The number of nitrogens with zero attached hydrogens (tertiary/aromatic N) is 2. The molecular formula is C17H17N3O. The van der Waals surface area contributed by atoms with Crippen LogP contribution < -0.4 is 10.5 Å². The lowest BCUT2D eigenvalue weighted by Gasteiger charge is -2.09. The normalized spacial score (nSPS) is 10.7. The summed E-state index contributed by atoms with van der Waals surface area (Å²) in [6, 6.07) is 11.7. The molecule has 0 aliphatic carbocycles. The minimum atomic E-state index is 0.663. The van der Waals surface area contributed by atoms with Crippen LogP contribution in [0.25, 0.3) is 10.9 Å². The zero-order valence-corrected chi connectivity index (χ0v) is 11.7. The van der Waals surface area contributed by atoms with Gasteiger partial charge < -0.3 is 10.5 Å². The van der Waals surface area contributed by atoms with Gasteiger partial charge in [-0.1, -0.05) is 6.07 Å². The Morgan fingerprint density at radius 2 is 1.86 bits per heavy atom. The van der Waals surface area contributed by atoms with Gasteiger partial charge in [0.15, 0.2) is 0 Å². The fourth-order valence-electron chi connectivity index (χ4n) is 2.31. The number of ether oxygens (including phenoxy) is 1. The van der Waals surface area contributed by atoms with E-state index < -0.39 is 0 Å². The maximum absolute atomic E-state index is 5.93. The molecule has 4 heteroatoms. The smallest absolute Gasteiger partial charge is 0.130 e. The lowest BCUT2D eigenvalue weighted by atomic mass is 10.1. The zero-order valence-electron chi connectivity index (χ0n) is 11.7. The summed E-state index contributed by atoms with van der Waals surface area (Å²) in [5.74, 6) is 0.835. The zero-order chi connectivity index (χ0) is 14.5. The van der Waals surface area contributed by atoms with Gasteiger partial charge in [-0.3, -0.25) is 9.97 Å². The van der Waals surface area contributed by atoms with E-state index in [-0.39, 0.29) is 0 Å². The molecule has 0 atom stereocenters. The summed E-state index contributed by atoms with van der Waals surface area (Å²) in [5, 5.41) is 0.960. The predicted molar refractivity (Wildman–Crippen MR) is 84.2 cm³/mol. The summed E-state index contributed by atoms with van der Waals surface area (Å²) in [4.78, 5) is 8.32. The Morgan fingerprint density at radius 1 is 1.00 bits per heavy atom. The van der Waals surface area contributed by atoms with E-state index in [1.165, 1.54) is 5.56 Å². The highest BCUT2D eigenvalue weighted by molar-refractivity contribution is 5.93. The standard InChI is InChI=1S/C17H17N3O/c18-15-5-1-4-14-16(8-11-20-17(14)15)21-12-2-3-13-6-9-19-10-7-13/h1,4-11H,2-3,12,18H2. The molecule has 0 saturated heterocycles. The van der Waals surface area contributed by atoms with Gasteiger partial charge in [-0.2, -0.15) is 0 Å². The number of hydrogen-bond donors (Lipinski definition) is 1. The van der Waals surface area contributed by atoms with Gasteiger partial charge in [-0.15, -0.1) is 0 Å². The lowest BCUT2D eigenvalue weighted by molar-refractivity contribution is 0.314. The number of rotatable bonds is 5. The van der Waals surface area contributed by atoms with Gasteiger partial charge in [0.05, 0.1) is 17.8 Å². The monoisotopic (exact) mass is 279 g/mol. The average Bonchev–Trinajstić information content (AvgIpc) is 2.53. The van der Waals surface area contributed by atoms with Crippen LogP contribution in [0.1, 0.15) is 12.0 Å². The van der Waals surface area contributed by atoms with E-state index in [4.69, 9.17) is 10.5 Å². The number of aryl methyl sites for hydroxylation is 1. The molecule has 2 aromatic heterocycles. The molecule has 0 unspecified atom stereocenters. The molecule has 0 aliphatic heterocycles. The fraction of sp³-hybridized carbons (Fsp3) is 0.176. The molecule has 0 radical (unpaired) electrons. The second-order valence-electron chi connectivity index (χ2n) is 4.86. The van der Waals surface area contributed by atoms with E-state index in [0.29, 0.717) is 12.3 Å². The highest BCUT2D eigenvalue weighted by atomic mass is 16.5. The van der Waals surface area contributed by atoms with Gasteiger partial charge >= 0.3 is 0 Å². The topological polar surface area (TPSA) is 61.0 Å². The molecule has 21 heavy (non-hydrogen) atoms. The van der Waals surface area contributed by atoms with Gasteiger partial charge in [0.2, 0.25) is 0 Å². The third-order valence-corrected chi connectivity index (χ3v) is 3.38. The van der Waals surface area contributed by atoms with Crippen LogP contribution >= 0.6 is 0 Å². The first kappa shape index (κ1) is 13.4. The van der Waals surface area contributed by atoms with Crippen LogP contribution in [0.5, 0.6) is 5.75 Å². The van der Waals surface area contributed by atoms with E-state index in [9.17, 15) is 0 Å². The number of para-hydroxylation sites is 1. The third-order valence-electron chi connectivity index (χ3n) is 3.38. The molecule has 0 spiro atoms. The largest absolute Gasteiger partial charge is 0.493 e. The molecule has 0 bridgehead atoms. The van der Waals surface area contributed by atoms with Crippen molar-refractivity contribution in [1.29, 1.82) is 0 Å². The Bertz CT molecular complexity index is 728. The van der Waals surface area contributed by atoms with Gasteiger partial charge in [-0.25, -0.2) is 0 Å². The molecule has 1 aromatic carbocycles. The van der Waals surface area contributed by atoms with Crippen LogP contribution in [-0.4, -0.2) is 16.6 Å². The molecule has 0 saturated carbocycles. The van der Waals surface area contributed by atoms with Crippen molar-refractivity contribution in [2.45, 2.75) is 12.8 Å². The van der Waals surface area contributed by atoms with Crippen molar-refractivity contribution in [2.75, 3.05) is 12.3 Å². The van der Waals surface area contributed by atoms with Crippen LogP contribution in [0.3, 0.4) is 0 Å². The van der Waals surface area contributed by atoms with E-state index in [1.54, 1.807) is 6.20 Å². The van der Waals surface area contributed by atoms with Crippen LogP contribution in [0.4, 0.5) is 5.69 Å². The molecule has 2 heterocycles. The summed E-state index contributed by atoms with van der Waals surface area (Å²) < 4.78 is 5.88. The summed E-state index contributed by atoms with van der Waals surface area (Å²) >= 11 is 0. The number of pyridine rings is 2. The fourth-order valence-corrected chi connectivity index (χ4v) is 2.31. The Labute approximate surface area is 123 Å². The highest BCUT2D eigenvalue weighted by Gasteiger charge is 2.05. The maximum Gasteiger partial charge on any atom is 0.130 e. The Morgan fingerprint density at radius 3 is 2.71 bits per heavy atom. The van der Waals surface area contributed by atoms with E-state index in [0.717, 1.165) is 29.5 Å². The van der Waals surface area contributed by atoms with Gasteiger partial charge in [0.1, 0.15) is 5.75 Å². The van der Waals surface area contributed by atoms with Crippen molar-refractivity contribution in [3.63, 3.8) is 0 Å². The van der Waals surface area contributed by atoms with Gasteiger partial charge in [0, 0.05) is 24.0 Å². The lowest BCUT2D eigenvalue weighted by Crippen LogP contribution is -2.01. The number of fused-ring (bicyclic) bond motifs is 1. The number of aromatic nitrogens is 2. The molecule has 0 fully saturated rings. The molecule has 0 aliphatic rings. The number of nitrogen functional groups attached to an aromatic ring is 1. The molecule has 106 valence electrons. The van der Waals surface area contributed by atoms with E-state index in [2.05, 4.69) is 9.97 Å². The predicted octanol–water partition coefficient (Wildman–Crippen LogP) is 3.22. The van der Waals surface area contributed by atoms with Crippen LogP contribution in [0, 0.1) is 0 Å². The quantitative estimate of drug-likeness (QED) is 0.575. The minimum Gasteiger partial charge on any atom is -0.493 e. The maximum atomic E-state index is 5.93. The van der Waals surface area contributed by atoms with Gasteiger partial charge in [-0.05, 0) is 48.7 Å². The Balaban J connectivity index is 1.65. The summed E-state index contributed by atoms with van der Waals surface area (Å²) in [7, 11) is 0. The molecule has 3 aromatic rings. The SMILES string of the molecule is Nc1cccc2c(OCCCc3ccncc3)ccnc12. The first-order valence-electron chi connectivity index (χ1n) is 6.99. The Kier molecular flexibility index (Phi) is 3.96. The van der Waals surface area contributed by atoms with Crippen molar-refractivity contribution in [3.05, 3.63) is 60.6 Å². The molecule has 4 nitrogen and oxygen atoms in total. The molecule has 2 N–H and O–H groups in total. The van der Waals surface area contributed by atoms with Crippen molar-refractivity contribution in [3.8, 4) is 5.75 Å². The van der Waals surface area contributed by atoms with Crippen LogP contribution in [0.2, 0.25) is 0 Å². The van der Waals surface area contributed by atoms with Crippen molar-refractivity contribution in [2.24, 2.45) is 0 Å². The number of anilines is 1. The van der Waals surface area contributed by atoms with Gasteiger partial charge in [0.25, 0.3) is 0 Å². The van der Waals surface area contributed by atoms with Crippen molar-refractivity contribution < 1.29 is 4.74 Å². The van der Waals surface area contributed by atoms with Crippen LogP contribution in [-0.2, 0) is 6.42 Å². The summed E-state index contributed by atoms with van der Waals surface area (Å²) in [6.45, 7) is 0.663. The highest BCUT2D eigenvalue weighted by Crippen LogP contribution is 2.27. The van der Waals surface area contributed by atoms with Crippen molar-refractivity contribution >= 4 is 16.6 Å². The number of benzene rings is 1. The second kappa shape index (κ2) is 6.22. The minimum absolute atomic E-state index is 0.663. The molecular weight excluding hydrogens is 262 g/mol. The second-order valence-corrected chi connectivity index (χ2v) is 4.86. The Hall–Kier alpha value is -2.62. The first-order valence-corrected chi connectivity index (χ1v) is 6.99. The number of nitrogens with two attached hydrogens (primary N) is 1. The van der Waals surface area contributed by atoms with E-state index in [1.807, 2.05) is 48.8 Å². The molecule has 0 amide bonds. The number of hydrogen-bond acceptors (Lipinski definition) is 4. The van der Waals surface area contributed by atoms with Crippen molar-refractivity contribution in [1.82, 2.24) is 9.97 Å². The third kappa shape index (κ3) is 3.11. The summed E-state index contributed by atoms with van der Waals surface area (Å²) in [5.41, 5.74) is 8.68. The molecule has 3 rings (SSSR count). The average molecular weight is 279 g/mol. The van der Waals surface area contributed by atoms with E-state index >= 15 is 0 Å². The summed E-state index contributed by atoms with van der Waals surface area (Å²) in [6.07, 6.45) is 7.30.